The first-order valence-electron chi connectivity index (χ1n) is 7.23. The maximum atomic E-state index is 3.51. The Morgan fingerprint density at radius 1 is 1.39 bits per heavy atom. The minimum Gasteiger partial charge on any atom is -0.354 e. The van der Waals surface area contributed by atoms with E-state index in [-0.39, 0.29) is 0 Å². The van der Waals surface area contributed by atoms with Gasteiger partial charge in [0.1, 0.15) is 0 Å². The molecule has 0 amide bonds. The Hall–Kier alpha value is -0.800. The number of nitrogens with one attached hydrogen (secondary N) is 1. The van der Waals surface area contributed by atoms with Gasteiger partial charge in [0.2, 0.25) is 0 Å². The molecule has 1 heterocycles. The highest BCUT2D eigenvalue weighted by atomic mass is 15.1. The van der Waals surface area contributed by atoms with Crippen molar-refractivity contribution in [1.29, 1.82) is 0 Å². The quantitative estimate of drug-likeness (QED) is 0.681. The van der Waals surface area contributed by atoms with E-state index in [0.717, 1.165) is 26.2 Å². The molecule has 0 aromatic carbocycles. The minimum atomic E-state index is 0.678. The molecule has 1 N–H and O–H groups in total. The normalized spacial score (nSPS) is 13.2. The van der Waals surface area contributed by atoms with Crippen molar-refractivity contribution >= 4 is 0 Å². The second-order valence-corrected chi connectivity index (χ2v) is 5.17. The van der Waals surface area contributed by atoms with Crippen LogP contribution in [0.1, 0.15) is 39.2 Å². The Labute approximate surface area is 112 Å². The van der Waals surface area contributed by atoms with E-state index in [1.807, 2.05) is 0 Å². The highest BCUT2D eigenvalue weighted by Gasteiger charge is 2.05. The van der Waals surface area contributed by atoms with Gasteiger partial charge in [0.05, 0.1) is 0 Å². The predicted octanol–water partition coefficient (Wildman–Crippen LogP) is 2.72. The number of likely N-dealkylation sites (N-methyl/N-ethyl adjacent to an activating group) is 1. The van der Waals surface area contributed by atoms with Gasteiger partial charge in [-0.25, -0.2) is 0 Å². The third-order valence-corrected chi connectivity index (χ3v) is 3.61. The minimum absolute atomic E-state index is 0.678. The zero-order valence-electron chi connectivity index (χ0n) is 12.4. The van der Waals surface area contributed by atoms with Crippen molar-refractivity contribution < 1.29 is 0 Å². The molecule has 0 aliphatic carbocycles. The average molecular weight is 251 g/mol. The van der Waals surface area contributed by atoms with Crippen LogP contribution < -0.4 is 5.32 Å². The zero-order valence-corrected chi connectivity index (χ0v) is 12.4. The van der Waals surface area contributed by atoms with Gasteiger partial charge in [-0.05, 0) is 38.4 Å². The van der Waals surface area contributed by atoms with Crippen LogP contribution >= 0.6 is 0 Å². The third-order valence-electron chi connectivity index (χ3n) is 3.61. The lowest BCUT2D eigenvalue weighted by Crippen LogP contribution is -2.34. The molecular weight excluding hydrogens is 222 g/mol. The van der Waals surface area contributed by atoms with E-state index in [0.29, 0.717) is 6.04 Å². The van der Waals surface area contributed by atoms with E-state index in [4.69, 9.17) is 0 Å². The number of aryl methyl sites for hydroxylation is 1. The predicted molar refractivity (Wildman–Crippen MR) is 78.8 cm³/mol. The second-order valence-electron chi connectivity index (χ2n) is 5.17. The number of hydrogen-bond acceptors (Lipinski definition) is 2. The molecule has 3 heteroatoms. The molecule has 0 spiro atoms. The van der Waals surface area contributed by atoms with Crippen LogP contribution in [0.5, 0.6) is 0 Å². The molecule has 1 unspecified atom stereocenters. The van der Waals surface area contributed by atoms with Gasteiger partial charge in [-0.1, -0.05) is 13.8 Å². The fourth-order valence-electron chi connectivity index (χ4n) is 2.01. The summed E-state index contributed by atoms with van der Waals surface area (Å²) in [6.07, 6.45) is 6.83. The fraction of sp³-hybridized carbons (Fsp3) is 0.733. The smallest absolute Gasteiger partial charge is 0.0221 e. The molecule has 0 bridgehead atoms. The first kappa shape index (κ1) is 15.3. The van der Waals surface area contributed by atoms with Crippen molar-refractivity contribution in [2.75, 3.05) is 20.1 Å². The van der Waals surface area contributed by atoms with Gasteiger partial charge in [0, 0.05) is 44.6 Å². The fourth-order valence-corrected chi connectivity index (χ4v) is 2.01. The molecule has 1 aromatic rings. The van der Waals surface area contributed by atoms with E-state index >= 15 is 0 Å². The van der Waals surface area contributed by atoms with Crippen LogP contribution in [0.15, 0.2) is 18.5 Å². The molecule has 1 rings (SSSR count). The lowest BCUT2D eigenvalue weighted by molar-refractivity contribution is 0.251. The Balaban J connectivity index is 2.17. The van der Waals surface area contributed by atoms with Crippen LogP contribution in [0.2, 0.25) is 0 Å². The van der Waals surface area contributed by atoms with E-state index < -0.39 is 0 Å². The molecule has 1 aromatic heterocycles. The maximum absolute atomic E-state index is 3.51. The van der Waals surface area contributed by atoms with Gasteiger partial charge >= 0.3 is 0 Å². The van der Waals surface area contributed by atoms with Crippen molar-refractivity contribution in [2.45, 2.75) is 52.7 Å². The summed E-state index contributed by atoms with van der Waals surface area (Å²) >= 11 is 0. The number of rotatable bonds is 9. The van der Waals surface area contributed by atoms with E-state index in [1.165, 1.54) is 18.4 Å². The van der Waals surface area contributed by atoms with Crippen molar-refractivity contribution in [2.24, 2.45) is 0 Å². The average Bonchev–Trinajstić information content (AvgIpc) is 2.81. The summed E-state index contributed by atoms with van der Waals surface area (Å²) in [5.41, 5.74) is 1.38. The van der Waals surface area contributed by atoms with Crippen molar-refractivity contribution in [3.8, 4) is 0 Å². The topological polar surface area (TPSA) is 20.2 Å². The van der Waals surface area contributed by atoms with Gasteiger partial charge in [-0.2, -0.15) is 0 Å². The summed E-state index contributed by atoms with van der Waals surface area (Å²) in [4.78, 5) is 2.41. The van der Waals surface area contributed by atoms with Crippen LogP contribution in [0, 0.1) is 0 Å². The summed E-state index contributed by atoms with van der Waals surface area (Å²) < 4.78 is 2.27. The van der Waals surface area contributed by atoms with Gasteiger partial charge in [-0.15, -0.1) is 0 Å². The number of aromatic nitrogens is 1. The van der Waals surface area contributed by atoms with Gasteiger partial charge in [-0.3, -0.25) is 0 Å². The van der Waals surface area contributed by atoms with Crippen molar-refractivity contribution in [3.63, 3.8) is 0 Å². The standard InChI is InChI=1S/C15H29N3/c1-5-9-18-10-7-15(13-18)12-16-8-11-17(4)14(3)6-2/h7,10,13-14,16H,5-6,8-9,11-12H2,1-4H3. The molecule has 0 aliphatic rings. The van der Waals surface area contributed by atoms with E-state index in [1.54, 1.807) is 0 Å². The van der Waals surface area contributed by atoms with Gasteiger partial charge < -0.3 is 14.8 Å². The van der Waals surface area contributed by atoms with Crippen LogP contribution in [-0.2, 0) is 13.1 Å². The molecule has 104 valence electrons. The molecule has 0 fully saturated rings. The van der Waals surface area contributed by atoms with E-state index in [2.05, 4.69) is 61.1 Å². The van der Waals surface area contributed by atoms with E-state index in [9.17, 15) is 0 Å². The summed E-state index contributed by atoms with van der Waals surface area (Å²) in [5.74, 6) is 0. The summed E-state index contributed by atoms with van der Waals surface area (Å²) in [6, 6.07) is 2.89. The molecular formula is C15H29N3. The molecule has 1 atom stereocenters. The highest BCUT2D eigenvalue weighted by molar-refractivity contribution is 5.09. The Kier molecular flexibility index (Phi) is 7.06. The highest BCUT2D eigenvalue weighted by Crippen LogP contribution is 2.02. The molecule has 0 radical (unpaired) electrons. The van der Waals surface area contributed by atoms with Crippen LogP contribution in [0.4, 0.5) is 0 Å². The first-order valence-corrected chi connectivity index (χ1v) is 7.23. The van der Waals surface area contributed by atoms with Crippen LogP contribution in [0.25, 0.3) is 0 Å². The summed E-state index contributed by atoms with van der Waals surface area (Å²) in [6.45, 7) is 11.0. The Morgan fingerprint density at radius 3 is 2.83 bits per heavy atom. The summed E-state index contributed by atoms with van der Waals surface area (Å²) in [7, 11) is 2.20. The monoisotopic (exact) mass is 251 g/mol. The number of hydrogen-bond donors (Lipinski definition) is 1. The summed E-state index contributed by atoms with van der Waals surface area (Å²) in [5, 5.41) is 3.51. The van der Waals surface area contributed by atoms with Gasteiger partial charge in [0.25, 0.3) is 0 Å². The second kappa shape index (κ2) is 8.33. The van der Waals surface area contributed by atoms with Crippen molar-refractivity contribution in [1.82, 2.24) is 14.8 Å². The van der Waals surface area contributed by atoms with Gasteiger partial charge in [0.15, 0.2) is 0 Å². The third kappa shape index (κ3) is 5.23. The number of nitrogens with zero attached hydrogens (tertiary/aromatic N) is 2. The lowest BCUT2D eigenvalue weighted by atomic mass is 10.2. The first-order chi connectivity index (χ1) is 8.67. The Morgan fingerprint density at radius 2 is 2.17 bits per heavy atom. The molecule has 18 heavy (non-hydrogen) atoms. The molecule has 0 aliphatic heterocycles. The molecule has 0 saturated carbocycles. The molecule has 0 saturated heterocycles. The SMILES string of the molecule is CCCn1ccc(CNCCN(C)C(C)CC)c1. The lowest BCUT2D eigenvalue weighted by Gasteiger charge is -2.23. The van der Waals surface area contributed by atoms with Crippen LogP contribution in [-0.4, -0.2) is 35.6 Å². The Bertz CT molecular complexity index is 319. The largest absolute Gasteiger partial charge is 0.354 e. The molecule has 3 nitrogen and oxygen atoms in total. The maximum Gasteiger partial charge on any atom is 0.0221 e. The zero-order chi connectivity index (χ0) is 13.4. The van der Waals surface area contributed by atoms with Crippen LogP contribution in [0.3, 0.4) is 0 Å². The van der Waals surface area contributed by atoms with Crippen molar-refractivity contribution in [3.05, 3.63) is 24.0 Å².